The van der Waals surface area contributed by atoms with Crippen molar-refractivity contribution in [2.75, 3.05) is 7.11 Å². The summed E-state index contributed by atoms with van der Waals surface area (Å²) in [4.78, 5) is 25.5. The van der Waals surface area contributed by atoms with Gasteiger partial charge in [0.25, 0.3) is 0 Å². The molecule has 6 heteroatoms. The van der Waals surface area contributed by atoms with Crippen molar-refractivity contribution >= 4 is 28.0 Å². The minimum absolute atomic E-state index is 0.318. The van der Waals surface area contributed by atoms with Crippen LogP contribution in [0.15, 0.2) is 28.7 Å². The van der Waals surface area contributed by atoms with Crippen LogP contribution in [0.4, 0.5) is 4.79 Å². The Balaban J connectivity index is 2.22. The van der Waals surface area contributed by atoms with Crippen LogP contribution in [0, 0.1) is 0 Å². The summed E-state index contributed by atoms with van der Waals surface area (Å²) in [5, 5.41) is 0. The smallest absolute Gasteiger partial charge is 0.411 e. The standard InChI is InChI=1S/C15H18BrNO4/c1-3-5-12-13(14(18)20-2)17(15(19)21-12)9-10-6-4-7-11(16)8-10/h4,6-8,12-13H,3,5,9H2,1-2H3/t12-,13+/m0/s1. The number of benzene rings is 1. The van der Waals surface area contributed by atoms with Gasteiger partial charge in [0.05, 0.1) is 13.7 Å². The van der Waals surface area contributed by atoms with Gasteiger partial charge in [0, 0.05) is 4.47 Å². The highest BCUT2D eigenvalue weighted by atomic mass is 79.9. The summed E-state index contributed by atoms with van der Waals surface area (Å²) in [5.41, 5.74) is 0.923. The summed E-state index contributed by atoms with van der Waals surface area (Å²) in [7, 11) is 1.32. The van der Waals surface area contributed by atoms with Gasteiger partial charge in [-0.1, -0.05) is 41.4 Å². The highest BCUT2D eigenvalue weighted by molar-refractivity contribution is 9.10. The molecule has 0 aromatic heterocycles. The normalized spacial score (nSPS) is 21.3. The first kappa shape index (κ1) is 15.8. The van der Waals surface area contributed by atoms with E-state index < -0.39 is 24.2 Å². The van der Waals surface area contributed by atoms with Gasteiger partial charge in [-0.2, -0.15) is 0 Å². The van der Waals surface area contributed by atoms with E-state index in [0.29, 0.717) is 13.0 Å². The van der Waals surface area contributed by atoms with Crippen molar-refractivity contribution in [2.24, 2.45) is 0 Å². The lowest BCUT2D eigenvalue weighted by Crippen LogP contribution is -2.43. The first-order chi connectivity index (χ1) is 10.1. The molecular weight excluding hydrogens is 338 g/mol. The molecule has 2 rings (SSSR count). The van der Waals surface area contributed by atoms with Crippen molar-refractivity contribution in [2.45, 2.75) is 38.5 Å². The Morgan fingerprint density at radius 3 is 2.86 bits per heavy atom. The molecule has 0 unspecified atom stereocenters. The van der Waals surface area contributed by atoms with E-state index in [9.17, 15) is 9.59 Å². The predicted molar refractivity (Wildman–Crippen MR) is 80.7 cm³/mol. The molecule has 1 aromatic carbocycles. The summed E-state index contributed by atoms with van der Waals surface area (Å²) in [6.07, 6.45) is 0.558. The number of halogens is 1. The van der Waals surface area contributed by atoms with Crippen molar-refractivity contribution in [3.63, 3.8) is 0 Å². The van der Waals surface area contributed by atoms with E-state index in [1.165, 1.54) is 12.0 Å². The van der Waals surface area contributed by atoms with E-state index in [0.717, 1.165) is 16.5 Å². The number of carbonyl (C=O) groups is 2. The average molecular weight is 356 g/mol. The summed E-state index contributed by atoms with van der Waals surface area (Å²) < 4.78 is 11.1. The van der Waals surface area contributed by atoms with Crippen LogP contribution in [-0.2, 0) is 20.8 Å². The highest BCUT2D eigenvalue weighted by Crippen LogP contribution is 2.26. The second-order valence-corrected chi connectivity index (χ2v) is 5.85. The van der Waals surface area contributed by atoms with E-state index in [1.54, 1.807) is 0 Å². The SMILES string of the molecule is CCC[C@@H]1OC(=O)N(Cc2cccc(Br)c2)[C@H]1C(=O)OC. The molecule has 0 aliphatic carbocycles. The van der Waals surface area contributed by atoms with Crippen LogP contribution in [0.2, 0.25) is 0 Å². The number of rotatable bonds is 5. The van der Waals surface area contributed by atoms with Crippen molar-refractivity contribution < 1.29 is 19.1 Å². The van der Waals surface area contributed by atoms with Gasteiger partial charge >= 0.3 is 12.1 Å². The monoisotopic (exact) mass is 355 g/mol. The van der Waals surface area contributed by atoms with Crippen molar-refractivity contribution in [3.8, 4) is 0 Å². The van der Waals surface area contributed by atoms with Crippen LogP contribution in [0.1, 0.15) is 25.3 Å². The molecule has 0 radical (unpaired) electrons. The molecule has 0 N–H and O–H groups in total. The van der Waals surface area contributed by atoms with Crippen LogP contribution in [-0.4, -0.2) is 36.2 Å². The van der Waals surface area contributed by atoms with E-state index >= 15 is 0 Å². The third kappa shape index (κ3) is 3.56. The van der Waals surface area contributed by atoms with E-state index in [2.05, 4.69) is 15.9 Å². The Hall–Kier alpha value is -1.56. The van der Waals surface area contributed by atoms with Gasteiger partial charge in [-0.05, 0) is 24.1 Å². The number of hydrogen-bond donors (Lipinski definition) is 0. The van der Waals surface area contributed by atoms with Crippen LogP contribution in [0.25, 0.3) is 0 Å². The van der Waals surface area contributed by atoms with Gasteiger partial charge in [0.1, 0.15) is 6.10 Å². The Kier molecular flexibility index (Phi) is 5.22. The van der Waals surface area contributed by atoms with Gasteiger partial charge in [-0.25, -0.2) is 9.59 Å². The molecule has 1 saturated heterocycles. The summed E-state index contributed by atoms with van der Waals surface area (Å²) in [6.45, 7) is 2.30. The molecule has 1 fully saturated rings. The molecule has 114 valence electrons. The second kappa shape index (κ2) is 6.93. The maximum absolute atomic E-state index is 12.1. The fourth-order valence-corrected chi connectivity index (χ4v) is 2.92. The third-order valence-electron chi connectivity index (χ3n) is 3.43. The lowest BCUT2D eigenvalue weighted by atomic mass is 10.1. The zero-order valence-electron chi connectivity index (χ0n) is 12.0. The van der Waals surface area contributed by atoms with E-state index in [1.807, 2.05) is 31.2 Å². The first-order valence-corrected chi connectivity index (χ1v) is 7.65. The minimum Gasteiger partial charge on any atom is -0.467 e. The minimum atomic E-state index is -0.679. The van der Waals surface area contributed by atoms with E-state index in [4.69, 9.17) is 9.47 Å². The second-order valence-electron chi connectivity index (χ2n) is 4.94. The summed E-state index contributed by atoms with van der Waals surface area (Å²) >= 11 is 3.39. The lowest BCUT2D eigenvalue weighted by Gasteiger charge is -2.22. The molecule has 0 bridgehead atoms. The molecule has 1 aliphatic heterocycles. The van der Waals surface area contributed by atoms with Crippen LogP contribution < -0.4 is 0 Å². The Bertz CT molecular complexity index is 534. The molecule has 2 atom stereocenters. The number of amides is 1. The first-order valence-electron chi connectivity index (χ1n) is 6.86. The Labute approximate surface area is 132 Å². The van der Waals surface area contributed by atoms with Crippen LogP contribution in [0.5, 0.6) is 0 Å². The van der Waals surface area contributed by atoms with Crippen LogP contribution >= 0.6 is 15.9 Å². The average Bonchev–Trinajstić information content (AvgIpc) is 2.75. The van der Waals surface area contributed by atoms with Crippen molar-refractivity contribution in [1.29, 1.82) is 0 Å². The zero-order chi connectivity index (χ0) is 15.4. The molecule has 1 amide bonds. The number of cyclic esters (lactones) is 1. The highest BCUT2D eigenvalue weighted by Gasteiger charge is 2.46. The fourth-order valence-electron chi connectivity index (χ4n) is 2.47. The van der Waals surface area contributed by atoms with Gasteiger partial charge in [0.2, 0.25) is 0 Å². The Morgan fingerprint density at radius 2 is 2.24 bits per heavy atom. The molecule has 1 heterocycles. The van der Waals surface area contributed by atoms with E-state index in [-0.39, 0.29) is 0 Å². The molecule has 0 spiro atoms. The molecule has 1 aliphatic rings. The fraction of sp³-hybridized carbons (Fsp3) is 0.467. The third-order valence-corrected chi connectivity index (χ3v) is 3.93. The van der Waals surface area contributed by atoms with Crippen molar-refractivity contribution in [1.82, 2.24) is 4.90 Å². The molecule has 0 saturated carbocycles. The zero-order valence-corrected chi connectivity index (χ0v) is 13.6. The maximum atomic E-state index is 12.1. The Morgan fingerprint density at radius 1 is 1.48 bits per heavy atom. The largest absolute Gasteiger partial charge is 0.467 e. The van der Waals surface area contributed by atoms with Gasteiger partial charge in [0.15, 0.2) is 6.04 Å². The molecule has 21 heavy (non-hydrogen) atoms. The number of esters is 1. The number of methoxy groups -OCH3 is 1. The number of carbonyl (C=O) groups excluding carboxylic acids is 2. The summed E-state index contributed by atoms with van der Waals surface area (Å²) in [5.74, 6) is -0.436. The molecule has 1 aromatic rings. The quantitative estimate of drug-likeness (QED) is 0.761. The summed E-state index contributed by atoms with van der Waals surface area (Å²) in [6, 6.07) is 6.93. The van der Waals surface area contributed by atoms with Crippen LogP contribution in [0.3, 0.4) is 0 Å². The van der Waals surface area contributed by atoms with Gasteiger partial charge in [-0.3, -0.25) is 4.90 Å². The maximum Gasteiger partial charge on any atom is 0.411 e. The lowest BCUT2D eigenvalue weighted by molar-refractivity contribution is -0.146. The van der Waals surface area contributed by atoms with Gasteiger partial charge < -0.3 is 9.47 Å². The topological polar surface area (TPSA) is 55.8 Å². The number of ether oxygens (including phenoxy) is 2. The molecular formula is C15H18BrNO4. The number of nitrogens with zero attached hydrogens (tertiary/aromatic N) is 1. The molecule has 5 nitrogen and oxygen atoms in total. The van der Waals surface area contributed by atoms with Crippen molar-refractivity contribution in [3.05, 3.63) is 34.3 Å². The predicted octanol–water partition coefficient (Wildman–Crippen LogP) is 3.11. The number of hydrogen-bond acceptors (Lipinski definition) is 4. The van der Waals surface area contributed by atoms with Gasteiger partial charge in [-0.15, -0.1) is 0 Å².